The molecule has 0 spiro atoms. The Morgan fingerprint density at radius 2 is 1.91 bits per heavy atom. The summed E-state index contributed by atoms with van der Waals surface area (Å²) in [5.74, 6) is 2.61. The fraction of sp³-hybridized carbons (Fsp3) is 0.480. The van der Waals surface area contributed by atoms with E-state index >= 15 is 0 Å². The van der Waals surface area contributed by atoms with Gasteiger partial charge in [-0.15, -0.1) is 0 Å². The molecule has 2 N–H and O–H groups in total. The minimum Gasteiger partial charge on any atom is -0.490 e. The van der Waals surface area contributed by atoms with Crippen LogP contribution in [-0.2, 0) is 6.42 Å². The summed E-state index contributed by atoms with van der Waals surface area (Å²) in [7, 11) is 1.62. The van der Waals surface area contributed by atoms with Crippen molar-refractivity contribution >= 4 is 0 Å². The molecule has 1 aromatic carbocycles. The molecule has 4 rings (SSSR count). The first-order valence-electron chi connectivity index (χ1n) is 11.5. The Morgan fingerprint density at radius 3 is 2.61 bits per heavy atom. The van der Waals surface area contributed by atoms with E-state index in [1.165, 1.54) is 12.8 Å². The van der Waals surface area contributed by atoms with Crippen molar-refractivity contribution in [1.82, 2.24) is 15.1 Å². The fourth-order valence-electron chi connectivity index (χ4n) is 4.32. The molecule has 8 nitrogen and oxygen atoms in total. The van der Waals surface area contributed by atoms with Gasteiger partial charge in [0.05, 0.1) is 13.7 Å². The molecular formula is C25H31N3O5. The predicted octanol–water partition coefficient (Wildman–Crippen LogP) is 4.07. The predicted molar refractivity (Wildman–Crippen MR) is 123 cm³/mol. The van der Waals surface area contributed by atoms with Gasteiger partial charge in [0, 0.05) is 28.8 Å². The number of aryl methyl sites for hydroxylation is 2. The highest BCUT2D eigenvalue weighted by Crippen LogP contribution is 2.36. The standard InChI is InChI=1S/C25H31N3O5/c1-4-16-10-19(9-15(2)23(16)32-14-20(30)13-29)25-27-24(28-33-25)18-11-21(17-7-5-6-8-17)26-22(12-18)31-3/h9-12,17,20,29-30H,4-8,13-14H2,1-3H3/t20-/m0/s1. The van der Waals surface area contributed by atoms with Gasteiger partial charge >= 0.3 is 0 Å². The summed E-state index contributed by atoms with van der Waals surface area (Å²) in [6, 6.07) is 7.76. The molecule has 1 aliphatic carbocycles. The van der Waals surface area contributed by atoms with Crippen LogP contribution in [0.1, 0.15) is 55.3 Å². The third-order valence-electron chi connectivity index (χ3n) is 6.10. The van der Waals surface area contributed by atoms with Gasteiger partial charge in [-0.1, -0.05) is 24.9 Å². The van der Waals surface area contributed by atoms with Gasteiger partial charge in [0.25, 0.3) is 5.89 Å². The summed E-state index contributed by atoms with van der Waals surface area (Å²) in [6.07, 6.45) is 4.54. The molecule has 0 unspecified atom stereocenters. The van der Waals surface area contributed by atoms with E-state index in [1.807, 2.05) is 38.1 Å². The minimum atomic E-state index is -0.918. The number of hydrogen-bond donors (Lipinski definition) is 2. The topological polar surface area (TPSA) is 111 Å². The van der Waals surface area contributed by atoms with Crippen molar-refractivity contribution in [3.05, 3.63) is 41.1 Å². The van der Waals surface area contributed by atoms with Crippen LogP contribution in [0.4, 0.5) is 0 Å². The van der Waals surface area contributed by atoms with Crippen molar-refractivity contribution in [3.8, 4) is 34.5 Å². The second-order valence-electron chi connectivity index (χ2n) is 8.51. The second kappa shape index (κ2) is 10.3. The lowest BCUT2D eigenvalue weighted by Crippen LogP contribution is -2.22. The Balaban J connectivity index is 1.63. The zero-order valence-electron chi connectivity index (χ0n) is 19.4. The highest BCUT2D eigenvalue weighted by Gasteiger charge is 2.22. The second-order valence-corrected chi connectivity index (χ2v) is 8.51. The largest absolute Gasteiger partial charge is 0.490 e. The van der Waals surface area contributed by atoms with Crippen LogP contribution in [0, 0.1) is 6.92 Å². The molecule has 1 saturated carbocycles. The van der Waals surface area contributed by atoms with Gasteiger partial charge in [-0.3, -0.25) is 0 Å². The molecule has 176 valence electrons. The van der Waals surface area contributed by atoms with Crippen LogP contribution in [0.5, 0.6) is 11.6 Å². The number of aliphatic hydroxyl groups is 2. The Hall–Kier alpha value is -2.97. The summed E-state index contributed by atoms with van der Waals surface area (Å²) in [4.78, 5) is 9.30. The van der Waals surface area contributed by atoms with E-state index in [9.17, 15) is 5.11 Å². The third kappa shape index (κ3) is 5.17. The number of ether oxygens (including phenoxy) is 2. The van der Waals surface area contributed by atoms with E-state index in [4.69, 9.17) is 19.1 Å². The van der Waals surface area contributed by atoms with E-state index in [2.05, 4.69) is 15.1 Å². The van der Waals surface area contributed by atoms with Crippen LogP contribution in [0.2, 0.25) is 0 Å². The van der Waals surface area contributed by atoms with Gasteiger partial charge in [0.1, 0.15) is 18.5 Å². The lowest BCUT2D eigenvalue weighted by Gasteiger charge is -2.16. The maximum atomic E-state index is 9.62. The van der Waals surface area contributed by atoms with Crippen molar-refractivity contribution in [2.45, 2.75) is 58.0 Å². The van der Waals surface area contributed by atoms with Crippen molar-refractivity contribution in [2.75, 3.05) is 20.3 Å². The smallest absolute Gasteiger partial charge is 0.258 e. The average Bonchev–Trinajstić information content (AvgIpc) is 3.55. The lowest BCUT2D eigenvalue weighted by atomic mass is 10.0. The van der Waals surface area contributed by atoms with Gasteiger partial charge in [-0.25, -0.2) is 4.98 Å². The summed E-state index contributed by atoms with van der Waals surface area (Å²) in [6.45, 7) is 3.65. The fourth-order valence-corrected chi connectivity index (χ4v) is 4.32. The monoisotopic (exact) mass is 453 g/mol. The first-order chi connectivity index (χ1) is 16.0. The number of aromatic nitrogens is 3. The molecule has 0 bridgehead atoms. The third-order valence-corrected chi connectivity index (χ3v) is 6.10. The molecule has 33 heavy (non-hydrogen) atoms. The molecule has 0 radical (unpaired) electrons. The van der Waals surface area contributed by atoms with Gasteiger partial charge < -0.3 is 24.2 Å². The molecule has 1 atom stereocenters. The number of pyridine rings is 1. The van der Waals surface area contributed by atoms with E-state index in [-0.39, 0.29) is 13.2 Å². The van der Waals surface area contributed by atoms with Crippen LogP contribution in [-0.4, -0.2) is 51.8 Å². The van der Waals surface area contributed by atoms with E-state index in [1.54, 1.807) is 7.11 Å². The van der Waals surface area contributed by atoms with Crippen molar-refractivity contribution in [1.29, 1.82) is 0 Å². The molecule has 2 heterocycles. The highest BCUT2D eigenvalue weighted by atomic mass is 16.5. The molecule has 2 aromatic heterocycles. The zero-order chi connectivity index (χ0) is 23.4. The first kappa shape index (κ1) is 23.2. The lowest BCUT2D eigenvalue weighted by molar-refractivity contribution is 0.0531. The number of nitrogens with zero attached hydrogens (tertiary/aromatic N) is 3. The molecule has 0 saturated heterocycles. The van der Waals surface area contributed by atoms with Crippen LogP contribution in [0.25, 0.3) is 22.8 Å². The van der Waals surface area contributed by atoms with Gasteiger partial charge in [-0.2, -0.15) is 4.98 Å². The van der Waals surface area contributed by atoms with Crippen molar-refractivity contribution in [3.63, 3.8) is 0 Å². The van der Waals surface area contributed by atoms with Crippen molar-refractivity contribution in [2.24, 2.45) is 0 Å². The zero-order valence-corrected chi connectivity index (χ0v) is 19.4. The van der Waals surface area contributed by atoms with E-state index < -0.39 is 6.10 Å². The Kier molecular flexibility index (Phi) is 7.25. The normalized spacial score (nSPS) is 15.1. The Bertz CT molecular complexity index is 1090. The minimum absolute atomic E-state index is 0.0294. The van der Waals surface area contributed by atoms with Crippen LogP contribution < -0.4 is 9.47 Å². The number of methoxy groups -OCH3 is 1. The summed E-state index contributed by atoms with van der Waals surface area (Å²) in [5.41, 5.74) is 4.50. The summed E-state index contributed by atoms with van der Waals surface area (Å²) < 4.78 is 16.8. The molecule has 3 aromatic rings. The first-order valence-corrected chi connectivity index (χ1v) is 11.5. The number of hydrogen-bond acceptors (Lipinski definition) is 8. The number of benzene rings is 1. The van der Waals surface area contributed by atoms with Gasteiger partial charge in [0.15, 0.2) is 0 Å². The number of aliphatic hydroxyl groups excluding tert-OH is 2. The van der Waals surface area contributed by atoms with E-state index in [0.717, 1.165) is 47.2 Å². The molecule has 8 heteroatoms. The van der Waals surface area contributed by atoms with Crippen LogP contribution >= 0.6 is 0 Å². The Labute approximate surface area is 193 Å². The molecule has 1 fully saturated rings. The quantitative estimate of drug-likeness (QED) is 0.499. The van der Waals surface area contributed by atoms with Crippen LogP contribution in [0.3, 0.4) is 0 Å². The molecule has 0 amide bonds. The maximum absolute atomic E-state index is 9.62. The summed E-state index contributed by atoms with van der Waals surface area (Å²) >= 11 is 0. The summed E-state index contributed by atoms with van der Waals surface area (Å²) in [5, 5.41) is 22.9. The average molecular weight is 454 g/mol. The highest BCUT2D eigenvalue weighted by molar-refractivity contribution is 5.64. The SMILES string of the molecule is CCc1cc(-c2nc(-c3cc(OC)nc(C4CCCC4)c3)no2)cc(C)c1OC[C@@H](O)CO. The Morgan fingerprint density at radius 1 is 1.12 bits per heavy atom. The van der Waals surface area contributed by atoms with Gasteiger partial charge in [0.2, 0.25) is 11.7 Å². The molecular weight excluding hydrogens is 422 g/mol. The molecule has 0 aliphatic heterocycles. The molecule has 1 aliphatic rings. The van der Waals surface area contributed by atoms with Crippen molar-refractivity contribution < 1.29 is 24.2 Å². The number of rotatable bonds is 9. The maximum Gasteiger partial charge on any atom is 0.258 e. The van der Waals surface area contributed by atoms with Gasteiger partial charge in [-0.05, 0) is 55.5 Å². The van der Waals surface area contributed by atoms with E-state index in [0.29, 0.717) is 29.3 Å². The van der Waals surface area contributed by atoms with Crippen LogP contribution in [0.15, 0.2) is 28.8 Å².